The number of nitrogens with one attached hydrogen (secondary N) is 1. The van der Waals surface area contributed by atoms with E-state index in [0.29, 0.717) is 18.7 Å². The number of anilines is 1. The summed E-state index contributed by atoms with van der Waals surface area (Å²) >= 11 is 0. The Morgan fingerprint density at radius 1 is 1.33 bits per heavy atom. The Morgan fingerprint density at radius 2 is 2.06 bits per heavy atom. The van der Waals surface area contributed by atoms with Crippen LogP contribution in [0.2, 0.25) is 0 Å². The molecular weight excluding hydrogens is 228 g/mol. The van der Waals surface area contributed by atoms with Crippen molar-refractivity contribution in [2.24, 2.45) is 7.05 Å². The fraction of sp³-hybridized carbons (Fsp3) is 0.231. The molecule has 1 heterocycles. The molecule has 0 spiro atoms. The van der Waals surface area contributed by atoms with E-state index in [1.54, 1.807) is 23.0 Å². The zero-order valence-corrected chi connectivity index (χ0v) is 10.3. The summed E-state index contributed by atoms with van der Waals surface area (Å²) in [6.07, 6.45) is 3.98. The second-order valence-corrected chi connectivity index (χ2v) is 4.22. The highest BCUT2D eigenvalue weighted by Gasteiger charge is 2.04. The molecular formula is C13H16N4O. The van der Waals surface area contributed by atoms with Gasteiger partial charge in [-0.1, -0.05) is 12.1 Å². The molecule has 5 nitrogen and oxygen atoms in total. The Hall–Kier alpha value is -2.30. The minimum Gasteiger partial charge on any atom is -0.399 e. The summed E-state index contributed by atoms with van der Waals surface area (Å²) in [6, 6.07) is 7.31. The Kier molecular flexibility index (Phi) is 3.62. The lowest BCUT2D eigenvalue weighted by molar-refractivity contribution is -0.120. The number of nitrogen functional groups attached to an aromatic ring is 1. The Morgan fingerprint density at radius 3 is 2.67 bits per heavy atom. The van der Waals surface area contributed by atoms with E-state index in [-0.39, 0.29) is 5.91 Å². The zero-order chi connectivity index (χ0) is 13.0. The molecule has 1 amide bonds. The Bertz CT molecular complexity index is 530. The number of carbonyl (C=O) groups excluding carboxylic acids is 1. The number of hydrogen-bond donors (Lipinski definition) is 2. The van der Waals surface area contributed by atoms with Crippen LogP contribution < -0.4 is 11.1 Å². The van der Waals surface area contributed by atoms with E-state index in [0.717, 1.165) is 11.1 Å². The van der Waals surface area contributed by atoms with Crippen molar-refractivity contribution in [1.82, 2.24) is 15.1 Å². The maximum absolute atomic E-state index is 11.7. The molecule has 5 heteroatoms. The third kappa shape index (κ3) is 3.35. The first kappa shape index (κ1) is 12.2. The van der Waals surface area contributed by atoms with Gasteiger partial charge in [-0.15, -0.1) is 0 Å². The number of benzene rings is 1. The minimum absolute atomic E-state index is 0.0105. The van der Waals surface area contributed by atoms with Gasteiger partial charge in [-0.2, -0.15) is 5.10 Å². The fourth-order valence-corrected chi connectivity index (χ4v) is 1.65. The molecule has 0 radical (unpaired) electrons. The number of carbonyl (C=O) groups is 1. The molecule has 1 aromatic carbocycles. The summed E-state index contributed by atoms with van der Waals surface area (Å²) in [5.41, 5.74) is 8.23. The number of amides is 1. The summed E-state index contributed by atoms with van der Waals surface area (Å²) in [5.74, 6) is -0.0105. The van der Waals surface area contributed by atoms with Gasteiger partial charge >= 0.3 is 0 Å². The van der Waals surface area contributed by atoms with Crippen molar-refractivity contribution in [1.29, 1.82) is 0 Å². The smallest absolute Gasteiger partial charge is 0.224 e. The first-order valence-corrected chi connectivity index (χ1v) is 5.72. The van der Waals surface area contributed by atoms with E-state index in [1.807, 2.05) is 25.4 Å². The van der Waals surface area contributed by atoms with Crippen LogP contribution >= 0.6 is 0 Å². The van der Waals surface area contributed by atoms with Crippen LogP contribution in [0.1, 0.15) is 11.1 Å². The van der Waals surface area contributed by atoms with Crippen LogP contribution in [0.4, 0.5) is 5.69 Å². The van der Waals surface area contributed by atoms with Gasteiger partial charge in [-0.05, 0) is 17.7 Å². The number of aromatic nitrogens is 2. The first-order valence-electron chi connectivity index (χ1n) is 5.72. The summed E-state index contributed by atoms with van der Waals surface area (Å²) in [6.45, 7) is 0.502. The van der Waals surface area contributed by atoms with Gasteiger partial charge in [0.25, 0.3) is 0 Å². The number of nitrogens with zero attached hydrogens (tertiary/aromatic N) is 2. The van der Waals surface area contributed by atoms with Gasteiger partial charge in [0, 0.05) is 31.0 Å². The van der Waals surface area contributed by atoms with Crippen LogP contribution in [-0.4, -0.2) is 15.7 Å². The highest BCUT2D eigenvalue weighted by molar-refractivity contribution is 5.78. The molecule has 0 aliphatic carbocycles. The molecule has 2 rings (SSSR count). The van der Waals surface area contributed by atoms with Crippen molar-refractivity contribution in [2.75, 3.05) is 5.73 Å². The molecule has 0 saturated carbocycles. The predicted octanol–water partition coefficient (Wildman–Crippen LogP) is 0.861. The lowest BCUT2D eigenvalue weighted by atomic mass is 10.1. The largest absolute Gasteiger partial charge is 0.399 e. The summed E-state index contributed by atoms with van der Waals surface area (Å²) in [5, 5.41) is 6.89. The lowest BCUT2D eigenvalue weighted by Gasteiger charge is -2.04. The Labute approximate surface area is 106 Å². The lowest BCUT2D eigenvalue weighted by Crippen LogP contribution is -2.24. The SMILES string of the molecule is Cn1cc(CNC(=O)Cc2ccc(N)cc2)cn1. The van der Waals surface area contributed by atoms with Crippen molar-refractivity contribution < 1.29 is 4.79 Å². The molecule has 1 aromatic heterocycles. The fourth-order valence-electron chi connectivity index (χ4n) is 1.65. The highest BCUT2D eigenvalue weighted by Crippen LogP contribution is 2.06. The number of aryl methyl sites for hydroxylation is 1. The average molecular weight is 244 g/mol. The normalized spacial score (nSPS) is 10.3. The molecule has 0 aliphatic rings. The third-order valence-electron chi connectivity index (χ3n) is 2.59. The van der Waals surface area contributed by atoms with E-state index in [9.17, 15) is 4.79 Å². The minimum atomic E-state index is -0.0105. The van der Waals surface area contributed by atoms with Crippen LogP contribution in [0.5, 0.6) is 0 Å². The number of nitrogens with two attached hydrogens (primary N) is 1. The number of hydrogen-bond acceptors (Lipinski definition) is 3. The van der Waals surface area contributed by atoms with Gasteiger partial charge in [0.1, 0.15) is 0 Å². The Balaban J connectivity index is 1.83. The van der Waals surface area contributed by atoms with Gasteiger partial charge in [0.05, 0.1) is 12.6 Å². The van der Waals surface area contributed by atoms with Crippen molar-refractivity contribution in [3.05, 3.63) is 47.8 Å². The van der Waals surface area contributed by atoms with E-state index in [2.05, 4.69) is 10.4 Å². The van der Waals surface area contributed by atoms with Crippen LogP contribution in [0.25, 0.3) is 0 Å². The zero-order valence-electron chi connectivity index (χ0n) is 10.3. The molecule has 0 fully saturated rings. The van der Waals surface area contributed by atoms with Crippen molar-refractivity contribution >= 4 is 11.6 Å². The van der Waals surface area contributed by atoms with Gasteiger partial charge in [-0.3, -0.25) is 9.48 Å². The average Bonchev–Trinajstić information content (AvgIpc) is 2.76. The molecule has 0 unspecified atom stereocenters. The van der Waals surface area contributed by atoms with Crippen molar-refractivity contribution in [3.63, 3.8) is 0 Å². The quantitative estimate of drug-likeness (QED) is 0.783. The standard InChI is InChI=1S/C13H16N4O/c1-17-9-11(8-16-17)7-15-13(18)6-10-2-4-12(14)5-3-10/h2-5,8-9H,6-7,14H2,1H3,(H,15,18). The summed E-state index contributed by atoms with van der Waals surface area (Å²) in [4.78, 5) is 11.7. The second kappa shape index (κ2) is 5.35. The molecule has 0 bridgehead atoms. The maximum Gasteiger partial charge on any atom is 0.224 e. The number of rotatable bonds is 4. The molecule has 0 aliphatic heterocycles. The monoisotopic (exact) mass is 244 g/mol. The first-order chi connectivity index (χ1) is 8.63. The van der Waals surface area contributed by atoms with E-state index in [1.165, 1.54) is 0 Å². The maximum atomic E-state index is 11.7. The van der Waals surface area contributed by atoms with Crippen molar-refractivity contribution in [3.8, 4) is 0 Å². The van der Waals surface area contributed by atoms with Crippen molar-refractivity contribution in [2.45, 2.75) is 13.0 Å². The molecule has 3 N–H and O–H groups in total. The molecule has 18 heavy (non-hydrogen) atoms. The van der Waals surface area contributed by atoms with Gasteiger partial charge in [0.15, 0.2) is 0 Å². The van der Waals surface area contributed by atoms with Gasteiger partial charge in [-0.25, -0.2) is 0 Å². The van der Waals surface area contributed by atoms with Crippen LogP contribution in [0.15, 0.2) is 36.7 Å². The van der Waals surface area contributed by atoms with Gasteiger partial charge < -0.3 is 11.1 Å². The molecule has 2 aromatic rings. The summed E-state index contributed by atoms with van der Waals surface area (Å²) in [7, 11) is 1.85. The van der Waals surface area contributed by atoms with Crippen LogP contribution in [-0.2, 0) is 24.8 Å². The summed E-state index contributed by atoms with van der Waals surface area (Å²) < 4.78 is 1.71. The molecule has 0 saturated heterocycles. The van der Waals surface area contributed by atoms with Crippen LogP contribution in [0, 0.1) is 0 Å². The predicted molar refractivity (Wildman–Crippen MR) is 69.6 cm³/mol. The molecule has 0 atom stereocenters. The molecule has 94 valence electrons. The topological polar surface area (TPSA) is 72.9 Å². The van der Waals surface area contributed by atoms with Crippen LogP contribution in [0.3, 0.4) is 0 Å². The third-order valence-corrected chi connectivity index (χ3v) is 2.59. The van der Waals surface area contributed by atoms with E-state index >= 15 is 0 Å². The van der Waals surface area contributed by atoms with E-state index < -0.39 is 0 Å². The van der Waals surface area contributed by atoms with E-state index in [4.69, 9.17) is 5.73 Å². The second-order valence-electron chi connectivity index (χ2n) is 4.22. The van der Waals surface area contributed by atoms with Gasteiger partial charge in [0.2, 0.25) is 5.91 Å². The highest BCUT2D eigenvalue weighted by atomic mass is 16.1.